The van der Waals surface area contributed by atoms with Crippen molar-refractivity contribution in [3.63, 3.8) is 0 Å². The number of likely N-dealkylation sites (N-methyl/N-ethyl adjacent to an activating group) is 1. The van der Waals surface area contributed by atoms with Gasteiger partial charge in [-0.3, -0.25) is 9.59 Å². The van der Waals surface area contributed by atoms with Crippen LogP contribution in [0.4, 0.5) is 0 Å². The molecule has 2 amide bonds. The van der Waals surface area contributed by atoms with Crippen LogP contribution >= 0.6 is 11.6 Å². The van der Waals surface area contributed by atoms with Crippen molar-refractivity contribution in [2.24, 2.45) is 0 Å². The summed E-state index contributed by atoms with van der Waals surface area (Å²) >= 11 is 5.95. The molecule has 1 N–H and O–H groups in total. The van der Waals surface area contributed by atoms with E-state index in [9.17, 15) is 18.0 Å². The molecular weight excluding hydrogens is 450 g/mol. The van der Waals surface area contributed by atoms with Crippen molar-refractivity contribution in [3.05, 3.63) is 65.2 Å². The summed E-state index contributed by atoms with van der Waals surface area (Å²) < 4.78 is 26.6. The molecule has 0 aliphatic carbocycles. The number of amides is 2. The van der Waals surface area contributed by atoms with Crippen molar-refractivity contribution in [2.75, 3.05) is 20.6 Å². The fourth-order valence-electron chi connectivity index (χ4n) is 3.36. The Morgan fingerprint density at radius 3 is 2.25 bits per heavy atom. The third kappa shape index (κ3) is 6.79. The Bertz CT molecular complexity index is 998. The molecule has 0 fully saturated rings. The molecule has 2 aromatic carbocycles. The first-order valence-electron chi connectivity index (χ1n) is 10.5. The van der Waals surface area contributed by atoms with E-state index in [2.05, 4.69) is 5.32 Å². The lowest BCUT2D eigenvalue weighted by Gasteiger charge is -2.30. The fourth-order valence-corrected chi connectivity index (χ4v) is 4.72. The second-order valence-electron chi connectivity index (χ2n) is 7.43. The van der Waals surface area contributed by atoms with Crippen LogP contribution in [0.5, 0.6) is 0 Å². The number of hydrogen-bond donors (Lipinski definition) is 1. The lowest BCUT2D eigenvalue weighted by molar-refractivity contribution is -0.141. The van der Waals surface area contributed by atoms with E-state index < -0.39 is 16.1 Å². The van der Waals surface area contributed by atoms with Crippen molar-refractivity contribution in [2.45, 2.75) is 43.7 Å². The van der Waals surface area contributed by atoms with Crippen LogP contribution in [0.1, 0.15) is 31.7 Å². The molecule has 9 heteroatoms. The van der Waals surface area contributed by atoms with Crippen LogP contribution in [-0.2, 0) is 26.2 Å². The van der Waals surface area contributed by atoms with Crippen LogP contribution < -0.4 is 5.32 Å². The number of rotatable bonds is 11. The molecule has 0 spiro atoms. The van der Waals surface area contributed by atoms with Crippen molar-refractivity contribution in [3.8, 4) is 0 Å². The lowest BCUT2D eigenvalue weighted by Crippen LogP contribution is -2.48. The molecule has 7 nitrogen and oxygen atoms in total. The number of nitrogens with one attached hydrogen (secondary N) is 1. The summed E-state index contributed by atoms with van der Waals surface area (Å²) in [5.41, 5.74) is 0.855. The van der Waals surface area contributed by atoms with Gasteiger partial charge in [-0.1, -0.05) is 48.9 Å². The lowest BCUT2D eigenvalue weighted by atomic mass is 10.1. The van der Waals surface area contributed by atoms with Crippen molar-refractivity contribution >= 4 is 33.4 Å². The van der Waals surface area contributed by atoms with Gasteiger partial charge in [-0.05, 0) is 42.7 Å². The highest BCUT2D eigenvalue weighted by atomic mass is 35.5. The third-order valence-electron chi connectivity index (χ3n) is 5.21. The van der Waals surface area contributed by atoms with Gasteiger partial charge in [0.1, 0.15) is 6.04 Å². The Balaban J connectivity index is 2.08. The number of carbonyl (C=O) groups excluding carboxylic acids is 2. The van der Waals surface area contributed by atoms with E-state index in [1.807, 2.05) is 19.1 Å². The Morgan fingerprint density at radius 1 is 1.06 bits per heavy atom. The molecule has 0 saturated carbocycles. The number of halogens is 1. The molecule has 174 valence electrons. The topological polar surface area (TPSA) is 86.8 Å². The van der Waals surface area contributed by atoms with Gasteiger partial charge in [-0.25, -0.2) is 12.7 Å². The van der Waals surface area contributed by atoms with Crippen LogP contribution in [0.3, 0.4) is 0 Å². The number of hydrogen-bond acceptors (Lipinski definition) is 4. The minimum Gasteiger partial charge on any atom is -0.357 e. The quantitative estimate of drug-likeness (QED) is 0.535. The third-order valence-corrected chi connectivity index (χ3v) is 7.34. The van der Waals surface area contributed by atoms with Gasteiger partial charge in [0.25, 0.3) is 0 Å². The monoisotopic (exact) mass is 479 g/mol. The smallest absolute Gasteiger partial charge is 0.242 e. The first-order valence-corrected chi connectivity index (χ1v) is 12.3. The minimum absolute atomic E-state index is 0.121. The molecule has 0 heterocycles. The van der Waals surface area contributed by atoms with E-state index in [0.717, 1.165) is 5.56 Å². The van der Waals surface area contributed by atoms with Crippen LogP contribution in [0.2, 0.25) is 5.02 Å². The highest BCUT2D eigenvalue weighted by Gasteiger charge is 2.28. The summed E-state index contributed by atoms with van der Waals surface area (Å²) in [5.74, 6) is -0.445. The van der Waals surface area contributed by atoms with Crippen LogP contribution in [0.15, 0.2) is 59.5 Å². The molecule has 0 aliphatic heterocycles. The maximum absolute atomic E-state index is 13.1. The summed E-state index contributed by atoms with van der Waals surface area (Å²) in [6.07, 6.45) is 0.916. The van der Waals surface area contributed by atoms with Crippen molar-refractivity contribution in [1.29, 1.82) is 0 Å². The largest absolute Gasteiger partial charge is 0.357 e. The van der Waals surface area contributed by atoms with Gasteiger partial charge in [0.05, 0.1) is 4.90 Å². The Kier molecular flexibility index (Phi) is 9.68. The number of carbonyl (C=O) groups is 2. The number of sulfonamides is 1. The second-order valence-corrected chi connectivity index (χ2v) is 9.91. The molecule has 1 unspecified atom stereocenters. The maximum Gasteiger partial charge on any atom is 0.242 e. The van der Waals surface area contributed by atoms with E-state index in [4.69, 9.17) is 11.6 Å². The molecule has 0 bridgehead atoms. The summed E-state index contributed by atoms with van der Waals surface area (Å²) in [7, 11) is -0.578. The van der Waals surface area contributed by atoms with E-state index in [-0.39, 0.29) is 36.2 Å². The van der Waals surface area contributed by atoms with E-state index in [1.54, 1.807) is 54.4 Å². The molecule has 0 aliphatic rings. The molecule has 0 saturated heterocycles. The van der Waals surface area contributed by atoms with Gasteiger partial charge in [0, 0.05) is 38.6 Å². The van der Waals surface area contributed by atoms with E-state index in [1.165, 1.54) is 11.4 Å². The zero-order chi connectivity index (χ0) is 23.7. The van der Waals surface area contributed by atoms with Crippen LogP contribution in [-0.4, -0.2) is 56.1 Å². The molecule has 2 aromatic rings. The second kappa shape index (κ2) is 12.0. The van der Waals surface area contributed by atoms with Crippen LogP contribution in [0.25, 0.3) is 0 Å². The molecule has 0 radical (unpaired) electrons. The summed E-state index contributed by atoms with van der Waals surface area (Å²) in [6, 6.07) is 14.7. The average molecular weight is 480 g/mol. The van der Waals surface area contributed by atoms with Gasteiger partial charge in [0.15, 0.2) is 0 Å². The molecule has 1 atom stereocenters. The normalized spacial score (nSPS) is 12.4. The molecule has 32 heavy (non-hydrogen) atoms. The molecule has 0 aromatic heterocycles. The Morgan fingerprint density at radius 2 is 1.69 bits per heavy atom. The fraction of sp³-hybridized carbons (Fsp3) is 0.391. The standard InChI is InChI=1S/C23H30ClN3O4S/c1-4-21(23(29)25-2)27(17-18-12-14-19(24)15-13-18)22(28)11-8-16-26(3)32(30,31)20-9-6-5-7-10-20/h5-7,9-10,12-15,21H,4,8,11,16-17H2,1-3H3,(H,25,29). The van der Waals surface area contributed by atoms with Gasteiger partial charge >= 0.3 is 0 Å². The highest BCUT2D eigenvalue weighted by Crippen LogP contribution is 2.18. The van der Waals surface area contributed by atoms with Gasteiger partial charge < -0.3 is 10.2 Å². The minimum atomic E-state index is -3.62. The maximum atomic E-state index is 13.1. The Hall–Kier alpha value is -2.42. The van der Waals surface area contributed by atoms with Crippen molar-refractivity contribution < 1.29 is 18.0 Å². The van der Waals surface area contributed by atoms with Gasteiger partial charge in [-0.2, -0.15) is 0 Å². The number of benzene rings is 2. The first-order chi connectivity index (χ1) is 15.2. The van der Waals surface area contributed by atoms with E-state index >= 15 is 0 Å². The average Bonchev–Trinajstić information content (AvgIpc) is 2.80. The van der Waals surface area contributed by atoms with Crippen molar-refractivity contribution in [1.82, 2.24) is 14.5 Å². The predicted octanol–water partition coefficient (Wildman–Crippen LogP) is 3.29. The zero-order valence-electron chi connectivity index (χ0n) is 18.6. The SMILES string of the molecule is CCC(C(=O)NC)N(Cc1ccc(Cl)cc1)C(=O)CCCN(C)S(=O)(=O)c1ccccc1. The highest BCUT2D eigenvalue weighted by molar-refractivity contribution is 7.89. The summed E-state index contributed by atoms with van der Waals surface area (Å²) in [4.78, 5) is 27.2. The summed E-state index contributed by atoms with van der Waals surface area (Å²) in [5, 5.41) is 3.21. The zero-order valence-corrected chi connectivity index (χ0v) is 20.2. The van der Waals surface area contributed by atoms with Crippen LogP contribution in [0, 0.1) is 0 Å². The first kappa shape index (κ1) is 25.8. The van der Waals surface area contributed by atoms with Gasteiger partial charge in [-0.15, -0.1) is 0 Å². The number of nitrogens with zero attached hydrogens (tertiary/aromatic N) is 2. The Labute approximate surface area is 195 Å². The molecular formula is C23H30ClN3O4S. The predicted molar refractivity (Wildman–Crippen MR) is 126 cm³/mol. The molecule has 2 rings (SSSR count). The summed E-state index contributed by atoms with van der Waals surface area (Å²) in [6.45, 7) is 2.30. The van der Waals surface area contributed by atoms with Gasteiger partial charge in [0.2, 0.25) is 21.8 Å². The van der Waals surface area contributed by atoms with E-state index in [0.29, 0.717) is 17.9 Å².